The van der Waals surface area contributed by atoms with Crippen molar-refractivity contribution < 1.29 is 45.2 Å². The average molecular weight is 192 g/mol. The summed E-state index contributed by atoms with van der Waals surface area (Å²) in [4.78, 5) is 9.00. The molecule has 8 nitrogen and oxygen atoms in total. The van der Waals surface area contributed by atoms with Crippen LogP contribution in [0.2, 0.25) is 0 Å². The van der Waals surface area contributed by atoms with E-state index in [-0.39, 0.29) is 47.8 Å². The van der Waals surface area contributed by atoms with Crippen LogP contribution in [0.1, 0.15) is 9.78 Å². The molecule has 0 saturated carbocycles. The minimum Gasteiger partial charge on any atom is -1.00 e. The summed E-state index contributed by atoms with van der Waals surface area (Å²) >= 11 is 0. The standard InChI is InChI=1S/C2H4O2.Mg.H2O2.4H2O.2H/c1-2(3)4;;1-2;;;;;;/h1H3,(H,3,4);;1-2H;4*1H2;;/q;+2;;;;;;2*-1. The summed E-state index contributed by atoms with van der Waals surface area (Å²) in [5.74, 6) is -0.833. The largest absolute Gasteiger partial charge is 2.00 e. The number of carbonyl (C=O) groups is 1. The van der Waals surface area contributed by atoms with E-state index in [1.807, 2.05) is 0 Å². The Balaban J connectivity index is -0.00000000242. The van der Waals surface area contributed by atoms with Crippen molar-refractivity contribution in [3.8, 4) is 0 Å². The summed E-state index contributed by atoms with van der Waals surface area (Å²) in [6, 6.07) is 0. The van der Waals surface area contributed by atoms with E-state index in [9.17, 15) is 0 Å². The van der Waals surface area contributed by atoms with Crippen LogP contribution in [0.3, 0.4) is 0 Å². The fourth-order valence-electron chi connectivity index (χ4n) is 0. The van der Waals surface area contributed by atoms with Crippen molar-refractivity contribution in [3.05, 3.63) is 0 Å². The van der Waals surface area contributed by atoms with E-state index in [4.69, 9.17) is 20.4 Å². The molecule has 0 aromatic rings. The molecule has 11 heavy (non-hydrogen) atoms. The fraction of sp³-hybridized carbons (Fsp3) is 0.500. The first kappa shape index (κ1) is 68.8. The molecular weight excluding hydrogens is 176 g/mol. The summed E-state index contributed by atoms with van der Waals surface area (Å²) < 4.78 is 0. The molecule has 0 aliphatic rings. The molecule has 0 atom stereocenters. The van der Waals surface area contributed by atoms with Crippen molar-refractivity contribution >= 4 is 29.0 Å². The van der Waals surface area contributed by atoms with Gasteiger partial charge >= 0.3 is 23.1 Å². The summed E-state index contributed by atoms with van der Waals surface area (Å²) in [5, 5.41) is 19.4. The van der Waals surface area contributed by atoms with Gasteiger partial charge in [0.15, 0.2) is 0 Å². The topological polar surface area (TPSA) is 204 Å². The van der Waals surface area contributed by atoms with Gasteiger partial charge in [-0.1, -0.05) is 0 Å². The maximum atomic E-state index is 9.00. The number of hydrogen-bond acceptors (Lipinski definition) is 3. The van der Waals surface area contributed by atoms with Crippen LogP contribution in [0.5, 0.6) is 0 Å². The Labute approximate surface area is 81.7 Å². The summed E-state index contributed by atoms with van der Waals surface area (Å²) in [5.41, 5.74) is 0. The van der Waals surface area contributed by atoms with Gasteiger partial charge in [0, 0.05) is 6.92 Å². The van der Waals surface area contributed by atoms with Crippen LogP contribution < -0.4 is 0 Å². The molecule has 0 heterocycles. The van der Waals surface area contributed by atoms with E-state index in [0.29, 0.717) is 0 Å². The molecule has 0 unspecified atom stereocenters. The quantitative estimate of drug-likeness (QED) is 0.204. The molecule has 0 saturated heterocycles. The van der Waals surface area contributed by atoms with Gasteiger partial charge in [0.25, 0.3) is 5.97 Å². The monoisotopic (exact) mass is 192 g/mol. The number of hydrogen-bond donors (Lipinski definition) is 3. The minimum atomic E-state index is -0.833. The molecule has 0 rings (SSSR count). The van der Waals surface area contributed by atoms with Crippen molar-refractivity contribution in [3.63, 3.8) is 0 Å². The smallest absolute Gasteiger partial charge is 1.00 e. The number of carboxylic acid groups (broad SMARTS) is 1. The Morgan fingerprint density at radius 3 is 1.09 bits per heavy atom. The first-order chi connectivity index (χ1) is 2.73. The zero-order valence-electron chi connectivity index (χ0n) is 7.96. The van der Waals surface area contributed by atoms with E-state index in [1.54, 1.807) is 0 Å². The third-order valence-corrected chi connectivity index (χ3v) is 0. The minimum absolute atomic E-state index is 0. The normalized spacial score (nSPS) is 2.82. The van der Waals surface area contributed by atoms with Gasteiger partial charge < -0.3 is 29.9 Å². The Hall–Kier alpha value is -0.00377. The molecule has 0 aliphatic carbocycles. The van der Waals surface area contributed by atoms with Crippen LogP contribution in [0, 0.1) is 0 Å². The van der Waals surface area contributed by atoms with Crippen LogP contribution in [-0.2, 0) is 4.79 Å². The summed E-state index contributed by atoms with van der Waals surface area (Å²) in [6.45, 7) is 1.08. The molecule has 9 heteroatoms. The van der Waals surface area contributed by atoms with Crippen molar-refractivity contribution in [1.82, 2.24) is 0 Å². The maximum Gasteiger partial charge on any atom is 2.00 e. The Morgan fingerprint density at radius 1 is 1.09 bits per heavy atom. The molecule has 11 N–H and O–H groups in total. The van der Waals surface area contributed by atoms with Gasteiger partial charge in [0.1, 0.15) is 0 Å². The molecule has 0 spiro atoms. The number of rotatable bonds is 0. The van der Waals surface area contributed by atoms with Gasteiger partial charge in [-0.15, -0.1) is 0 Å². The predicted molar refractivity (Wildman–Crippen MR) is 41.0 cm³/mol. The van der Waals surface area contributed by atoms with Gasteiger partial charge in [0.2, 0.25) is 0 Å². The number of carboxylic acids is 1. The van der Waals surface area contributed by atoms with E-state index in [0.717, 1.165) is 6.92 Å². The second-order valence-electron chi connectivity index (χ2n) is 0.519. The third-order valence-electron chi connectivity index (χ3n) is 0. The van der Waals surface area contributed by atoms with Crippen LogP contribution in [0.4, 0.5) is 0 Å². The van der Waals surface area contributed by atoms with Crippen molar-refractivity contribution in [2.45, 2.75) is 6.92 Å². The van der Waals surface area contributed by atoms with Crippen LogP contribution in [0.25, 0.3) is 0 Å². The second kappa shape index (κ2) is 90.1. The SMILES string of the molecule is CC(=O)O.O.O.O.O.OO.[H-].[H-].[Mg+2]. The van der Waals surface area contributed by atoms with Crippen LogP contribution in [0.15, 0.2) is 0 Å². The fourth-order valence-corrected chi connectivity index (χ4v) is 0. The van der Waals surface area contributed by atoms with Gasteiger partial charge in [-0.25, -0.2) is 0 Å². The predicted octanol–water partition coefficient (Wildman–Crippen LogP) is -3.35. The van der Waals surface area contributed by atoms with E-state index < -0.39 is 5.97 Å². The van der Waals surface area contributed by atoms with Gasteiger partial charge in [0.05, 0.1) is 0 Å². The van der Waals surface area contributed by atoms with Gasteiger partial charge in [-0.2, -0.15) is 0 Å². The molecule has 0 amide bonds. The Morgan fingerprint density at radius 2 is 1.09 bits per heavy atom. The van der Waals surface area contributed by atoms with Crippen LogP contribution in [-0.4, -0.2) is 66.5 Å². The molecule has 0 aromatic heterocycles. The molecule has 0 bridgehead atoms. The maximum absolute atomic E-state index is 9.00. The van der Waals surface area contributed by atoms with E-state index >= 15 is 0 Å². The molecule has 0 fully saturated rings. The third kappa shape index (κ3) is 45100000. The first-order valence-electron chi connectivity index (χ1n) is 1.13. The molecule has 0 aliphatic heterocycles. The summed E-state index contributed by atoms with van der Waals surface area (Å²) in [7, 11) is 0. The number of aliphatic carboxylic acids is 1. The van der Waals surface area contributed by atoms with Gasteiger partial charge in [-0.3, -0.25) is 15.3 Å². The summed E-state index contributed by atoms with van der Waals surface area (Å²) in [6.07, 6.45) is 0. The van der Waals surface area contributed by atoms with Crippen molar-refractivity contribution in [1.29, 1.82) is 0 Å². The van der Waals surface area contributed by atoms with Crippen molar-refractivity contribution in [2.24, 2.45) is 0 Å². The zero-order valence-corrected chi connectivity index (χ0v) is 7.37. The van der Waals surface area contributed by atoms with E-state index in [2.05, 4.69) is 0 Å². The van der Waals surface area contributed by atoms with E-state index in [1.165, 1.54) is 0 Å². The second-order valence-corrected chi connectivity index (χ2v) is 0.519. The first-order valence-corrected chi connectivity index (χ1v) is 1.13. The van der Waals surface area contributed by atoms with Crippen molar-refractivity contribution in [2.75, 3.05) is 0 Å². The zero-order chi connectivity index (χ0) is 5.58. The molecule has 74 valence electrons. The van der Waals surface area contributed by atoms with Crippen LogP contribution >= 0.6 is 0 Å². The average Bonchev–Trinajstić information content (AvgIpc) is 1.41. The Kier molecular flexibility index (Phi) is 564. The Bertz CT molecular complexity index is 43.1. The molecule has 0 aromatic carbocycles. The molecule has 0 radical (unpaired) electrons. The van der Waals surface area contributed by atoms with Gasteiger partial charge in [-0.05, 0) is 0 Å². The molecular formula is C2H16MgO8.